The number of nitrogens with zero attached hydrogens (tertiary/aromatic N) is 2. The van der Waals surface area contributed by atoms with Gasteiger partial charge in [0.1, 0.15) is 0 Å². The Morgan fingerprint density at radius 1 is 1.05 bits per heavy atom. The summed E-state index contributed by atoms with van der Waals surface area (Å²) in [7, 11) is -2.57. The standard InChI is InChI=1S/C32H37BrN2OSi/c1-25(22-35-24-32(5,19-12-20-34)29-18-17-26(33)21-30(29)35)23-36-37(31(2,3)4,27-13-8-6-9-14-27)28-15-10-7-11-16-28/h6-19,21,25H,22-24H2,1-5H3/b19-12+/t25-,32-/m0/s1. The van der Waals surface area contributed by atoms with Crippen LogP contribution in [0.5, 0.6) is 0 Å². The van der Waals surface area contributed by atoms with Crippen molar-refractivity contribution < 1.29 is 4.43 Å². The molecule has 0 fully saturated rings. The second-order valence-corrected chi connectivity index (χ2v) is 16.7. The average molecular weight is 574 g/mol. The van der Waals surface area contributed by atoms with Gasteiger partial charge in [0.15, 0.2) is 0 Å². The zero-order valence-electron chi connectivity index (χ0n) is 22.5. The molecule has 0 aliphatic carbocycles. The van der Waals surface area contributed by atoms with Crippen LogP contribution in [-0.4, -0.2) is 28.0 Å². The minimum Gasteiger partial charge on any atom is -0.407 e. The van der Waals surface area contributed by atoms with Gasteiger partial charge in [-0.2, -0.15) is 5.26 Å². The Kier molecular flexibility index (Phi) is 8.13. The van der Waals surface area contributed by atoms with Crippen molar-refractivity contribution in [3.8, 4) is 6.07 Å². The predicted octanol–water partition coefficient (Wildman–Crippen LogP) is 6.82. The highest BCUT2D eigenvalue weighted by Gasteiger charge is 2.50. The van der Waals surface area contributed by atoms with E-state index >= 15 is 0 Å². The number of hydrogen-bond donors (Lipinski definition) is 0. The topological polar surface area (TPSA) is 36.3 Å². The monoisotopic (exact) mass is 572 g/mol. The number of rotatable bonds is 8. The number of hydrogen-bond acceptors (Lipinski definition) is 3. The van der Waals surface area contributed by atoms with Gasteiger partial charge in [-0.15, -0.1) is 0 Å². The second-order valence-electron chi connectivity index (χ2n) is 11.5. The molecule has 0 unspecified atom stereocenters. The van der Waals surface area contributed by atoms with Crippen LogP contribution in [-0.2, 0) is 9.84 Å². The summed E-state index contributed by atoms with van der Waals surface area (Å²) in [4.78, 5) is 2.46. The van der Waals surface area contributed by atoms with Gasteiger partial charge in [-0.3, -0.25) is 0 Å². The van der Waals surface area contributed by atoms with Gasteiger partial charge in [0.05, 0.1) is 6.07 Å². The molecule has 1 aliphatic heterocycles. The summed E-state index contributed by atoms with van der Waals surface area (Å²) >= 11 is 3.66. The quantitative estimate of drug-likeness (QED) is 0.219. The molecule has 37 heavy (non-hydrogen) atoms. The van der Waals surface area contributed by atoms with Crippen LogP contribution < -0.4 is 15.3 Å². The van der Waals surface area contributed by atoms with Crippen molar-refractivity contribution in [2.75, 3.05) is 24.6 Å². The Labute approximate surface area is 232 Å². The first-order valence-electron chi connectivity index (χ1n) is 13.0. The summed E-state index contributed by atoms with van der Waals surface area (Å²) in [5, 5.41) is 11.8. The maximum absolute atomic E-state index is 9.17. The normalized spacial score (nSPS) is 18.6. The molecule has 0 radical (unpaired) electrons. The molecule has 3 nitrogen and oxygen atoms in total. The largest absolute Gasteiger partial charge is 0.407 e. The molecule has 3 aromatic carbocycles. The number of nitriles is 1. The average Bonchev–Trinajstić information content (AvgIpc) is 3.14. The van der Waals surface area contributed by atoms with Gasteiger partial charge in [0.2, 0.25) is 0 Å². The predicted molar refractivity (Wildman–Crippen MR) is 161 cm³/mol. The third-order valence-corrected chi connectivity index (χ3v) is 13.0. The van der Waals surface area contributed by atoms with E-state index in [-0.39, 0.29) is 10.5 Å². The molecule has 4 rings (SSSR count). The fraction of sp³-hybridized carbons (Fsp3) is 0.344. The van der Waals surface area contributed by atoms with E-state index in [1.165, 1.54) is 21.6 Å². The summed E-state index contributed by atoms with van der Waals surface area (Å²) in [5.41, 5.74) is 2.31. The van der Waals surface area contributed by atoms with Crippen molar-refractivity contribution in [2.24, 2.45) is 5.92 Å². The van der Waals surface area contributed by atoms with E-state index in [1.807, 2.05) is 6.08 Å². The summed E-state index contributed by atoms with van der Waals surface area (Å²) in [6, 6.07) is 30.3. The van der Waals surface area contributed by atoms with Crippen LogP contribution in [0.3, 0.4) is 0 Å². The van der Waals surface area contributed by atoms with E-state index in [1.54, 1.807) is 6.08 Å². The van der Waals surface area contributed by atoms with E-state index in [0.29, 0.717) is 12.5 Å². The lowest BCUT2D eigenvalue weighted by molar-refractivity contribution is 0.246. The smallest absolute Gasteiger partial charge is 0.261 e. The highest BCUT2D eigenvalue weighted by molar-refractivity contribution is 9.10. The van der Waals surface area contributed by atoms with Crippen LogP contribution in [0.4, 0.5) is 5.69 Å². The van der Waals surface area contributed by atoms with Gasteiger partial charge >= 0.3 is 0 Å². The lowest BCUT2D eigenvalue weighted by atomic mass is 9.84. The van der Waals surface area contributed by atoms with Crippen LogP contribution in [0.15, 0.2) is 95.5 Å². The van der Waals surface area contributed by atoms with Gasteiger partial charge in [-0.1, -0.05) is 123 Å². The summed E-state index contributed by atoms with van der Waals surface area (Å²) < 4.78 is 8.28. The molecule has 2 atom stereocenters. The highest BCUT2D eigenvalue weighted by Crippen LogP contribution is 2.43. The molecular weight excluding hydrogens is 536 g/mol. The van der Waals surface area contributed by atoms with Gasteiger partial charge in [0.25, 0.3) is 8.32 Å². The summed E-state index contributed by atoms with van der Waals surface area (Å²) in [6.45, 7) is 13.9. The zero-order chi connectivity index (χ0) is 26.7. The molecule has 1 heterocycles. The Balaban J connectivity index is 1.62. The third kappa shape index (κ3) is 5.48. The van der Waals surface area contributed by atoms with Gasteiger partial charge in [-0.25, -0.2) is 0 Å². The lowest BCUT2D eigenvalue weighted by Gasteiger charge is -2.43. The highest BCUT2D eigenvalue weighted by atomic mass is 79.9. The van der Waals surface area contributed by atoms with Gasteiger partial charge in [0, 0.05) is 41.3 Å². The van der Waals surface area contributed by atoms with Crippen molar-refractivity contribution >= 4 is 40.3 Å². The van der Waals surface area contributed by atoms with Crippen LogP contribution in [0, 0.1) is 17.2 Å². The Hall–Kier alpha value is -2.65. The fourth-order valence-corrected chi connectivity index (χ4v) is 10.8. The van der Waals surface area contributed by atoms with Crippen LogP contribution >= 0.6 is 15.9 Å². The maximum Gasteiger partial charge on any atom is 0.261 e. The molecule has 0 saturated heterocycles. The Bertz CT molecular complexity index is 1240. The zero-order valence-corrected chi connectivity index (χ0v) is 25.1. The minimum atomic E-state index is -2.57. The van der Waals surface area contributed by atoms with Crippen molar-refractivity contribution in [2.45, 2.75) is 45.1 Å². The van der Waals surface area contributed by atoms with Crippen molar-refractivity contribution in [3.63, 3.8) is 0 Å². The number of benzene rings is 3. The maximum atomic E-state index is 9.17. The Morgan fingerprint density at radius 2 is 1.65 bits per heavy atom. The Morgan fingerprint density at radius 3 is 2.19 bits per heavy atom. The number of fused-ring (bicyclic) bond motifs is 1. The molecule has 5 heteroatoms. The van der Waals surface area contributed by atoms with E-state index < -0.39 is 8.32 Å². The van der Waals surface area contributed by atoms with Crippen molar-refractivity contribution in [1.82, 2.24) is 0 Å². The second kappa shape index (κ2) is 11.0. The van der Waals surface area contributed by atoms with Crippen LogP contribution in [0.1, 0.15) is 40.2 Å². The molecule has 0 amide bonds. The minimum absolute atomic E-state index is 0.0405. The molecule has 1 aliphatic rings. The van der Waals surface area contributed by atoms with Crippen LogP contribution in [0.2, 0.25) is 5.04 Å². The third-order valence-electron chi connectivity index (χ3n) is 7.49. The van der Waals surface area contributed by atoms with E-state index in [0.717, 1.165) is 17.6 Å². The molecule has 0 N–H and O–H groups in total. The van der Waals surface area contributed by atoms with Crippen LogP contribution in [0.25, 0.3) is 0 Å². The lowest BCUT2D eigenvalue weighted by Crippen LogP contribution is -2.67. The van der Waals surface area contributed by atoms with E-state index in [2.05, 4.69) is 140 Å². The molecule has 192 valence electrons. The van der Waals surface area contributed by atoms with Crippen molar-refractivity contribution in [3.05, 3.63) is 101 Å². The first-order valence-corrected chi connectivity index (χ1v) is 15.7. The first kappa shape index (κ1) is 27.4. The summed E-state index contributed by atoms with van der Waals surface area (Å²) in [6.07, 6.45) is 3.66. The van der Waals surface area contributed by atoms with Gasteiger partial charge in [-0.05, 0) is 39.0 Å². The first-order chi connectivity index (χ1) is 17.6. The molecule has 0 saturated carbocycles. The molecule has 3 aromatic rings. The SMILES string of the molecule is C[C@H](CO[Si](c1ccccc1)(c1ccccc1)C(C)(C)C)CN1C[C@](C)(/C=C/C#N)c2ccc(Br)cc21. The summed E-state index contributed by atoms with van der Waals surface area (Å²) in [5.74, 6) is 0.316. The number of halogens is 1. The molecule has 0 aromatic heterocycles. The number of anilines is 1. The molecule has 0 spiro atoms. The van der Waals surface area contributed by atoms with E-state index in [9.17, 15) is 5.26 Å². The van der Waals surface area contributed by atoms with Gasteiger partial charge < -0.3 is 9.33 Å². The van der Waals surface area contributed by atoms with E-state index in [4.69, 9.17) is 4.43 Å². The molecular formula is C32H37BrN2OSi. The fourth-order valence-electron chi connectivity index (χ4n) is 5.80. The number of allylic oxidation sites excluding steroid dienone is 1. The molecule has 0 bridgehead atoms. The van der Waals surface area contributed by atoms with Crippen molar-refractivity contribution in [1.29, 1.82) is 5.26 Å².